The molecule has 0 aliphatic carbocycles. The molecule has 2 aromatic rings. The molecule has 2 N–H and O–H groups in total. The molecule has 0 aliphatic heterocycles. The first kappa shape index (κ1) is 16.7. The quantitative estimate of drug-likeness (QED) is 0.860. The van der Waals surface area contributed by atoms with E-state index in [9.17, 15) is 9.59 Å². The van der Waals surface area contributed by atoms with E-state index in [2.05, 4.69) is 29.6 Å². The molecule has 0 radical (unpaired) electrons. The first-order chi connectivity index (χ1) is 11.0. The average Bonchev–Trinajstić information content (AvgIpc) is 3.03. The number of anilines is 1. The zero-order valence-electron chi connectivity index (χ0n) is 13.7. The molecule has 122 valence electrons. The SMILES string of the molecule is CNC(=O)c1ccn(-c2ccc(NC(=O)CCC(C)C)cc2)n1. The van der Waals surface area contributed by atoms with Crippen molar-refractivity contribution in [3.63, 3.8) is 0 Å². The first-order valence-electron chi connectivity index (χ1n) is 7.67. The van der Waals surface area contributed by atoms with Crippen molar-refractivity contribution >= 4 is 17.5 Å². The van der Waals surface area contributed by atoms with Crippen LogP contribution in [0.15, 0.2) is 36.5 Å². The predicted octanol–water partition coefficient (Wildman–Crippen LogP) is 2.61. The van der Waals surface area contributed by atoms with Crippen molar-refractivity contribution in [3.05, 3.63) is 42.2 Å². The number of nitrogens with zero attached hydrogens (tertiary/aromatic N) is 2. The van der Waals surface area contributed by atoms with Gasteiger partial charge in [0.25, 0.3) is 5.91 Å². The van der Waals surface area contributed by atoms with Crippen LogP contribution in [0.3, 0.4) is 0 Å². The monoisotopic (exact) mass is 314 g/mol. The summed E-state index contributed by atoms with van der Waals surface area (Å²) in [6.45, 7) is 4.19. The fourth-order valence-corrected chi connectivity index (χ4v) is 2.06. The summed E-state index contributed by atoms with van der Waals surface area (Å²) in [5, 5.41) is 9.62. The second kappa shape index (κ2) is 7.58. The van der Waals surface area contributed by atoms with Crippen molar-refractivity contribution in [2.45, 2.75) is 26.7 Å². The van der Waals surface area contributed by atoms with Crippen LogP contribution in [-0.2, 0) is 4.79 Å². The third kappa shape index (κ3) is 4.67. The van der Waals surface area contributed by atoms with Gasteiger partial charge in [-0.25, -0.2) is 4.68 Å². The van der Waals surface area contributed by atoms with Gasteiger partial charge in [0.1, 0.15) is 0 Å². The van der Waals surface area contributed by atoms with Crippen molar-refractivity contribution in [2.75, 3.05) is 12.4 Å². The Labute approximate surface area is 135 Å². The number of aromatic nitrogens is 2. The molecule has 0 saturated heterocycles. The number of carbonyl (C=O) groups is 2. The maximum atomic E-state index is 11.8. The van der Waals surface area contributed by atoms with E-state index in [1.54, 1.807) is 24.0 Å². The van der Waals surface area contributed by atoms with Crippen LogP contribution in [-0.4, -0.2) is 28.6 Å². The minimum Gasteiger partial charge on any atom is -0.354 e. The second-order valence-corrected chi connectivity index (χ2v) is 5.75. The summed E-state index contributed by atoms with van der Waals surface area (Å²) < 4.78 is 1.62. The van der Waals surface area contributed by atoms with E-state index in [1.165, 1.54) is 0 Å². The Morgan fingerprint density at radius 2 is 1.87 bits per heavy atom. The molecule has 0 saturated carbocycles. The van der Waals surface area contributed by atoms with Crippen LogP contribution >= 0.6 is 0 Å². The molecule has 0 fully saturated rings. The zero-order chi connectivity index (χ0) is 16.8. The molecule has 1 aromatic carbocycles. The number of benzene rings is 1. The fraction of sp³-hybridized carbons (Fsp3) is 0.353. The van der Waals surface area contributed by atoms with Gasteiger partial charge < -0.3 is 10.6 Å². The Morgan fingerprint density at radius 1 is 1.17 bits per heavy atom. The second-order valence-electron chi connectivity index (χ2n) is 5.75. The van der Waals surface area contributed by atoms with Crippen LogP contribution in [0, 0.1) is 5.92 Å². The Morgan fingerprint density at radius 3 is 2.48 bits per heavy atom. The molecule has 2 amide bonds. The van der Waals surface area contributed by atoms with Gasteiger partial charge in [-0.15, -0.1) is 0 Å². The fourth-order valence-electron chi connectivity index (χ4n) is 2.06. The molecule has 0 atom stereocenters. The highest BCUT2D eigenvalue weighted by Gasteiger charge is 2.08. The molecule has 6 heteroatoms. The Balaban J connectivity index is 2.00. The van der Waals surface area contributed by atoms with Crippen LogP contribution in [0.2, 0.25) is 0 Å². The normalized spacial score (nSPS) is 10.6. The highest BCUT2D eigenvalue weighted by atomic mass is 16.2. The highest BCUT2D eigenvalue weighted by Crippen LogP contribution is 2.14. The van der Waals surface area contributed by atoms with Crippen LogP contribution in [0.1, 0.15) is 37.2 Å². The molecule has 1 aromatic heterocycles. The Kier molecular flexibility index (Phi) is 5.51. The molecular weight excluding hydrogens is 292 g/mol. The number of rotatable bonds is 6. The summed E-state index contributed by atoms with van der Waals surface area (Å²) in [5.41, 5.74) is 1.93. The van der Waals surface area contributed by atoms with E-state index in [0.717, 1.165) is 17.8 Å². The predicted molar refractivity (Wildman–Crippen MR) is 89.7 cm³/mol. The van der Waals surface area contributed by atoms with Gasteiger partial charge >= 0.3 is 0 Å². The van der Waals surface area contributed by atoms with Gasteiger partial charge in [-0.2, -0.15) is 5.10 Å². The van der Waals surface area contributed by atoms with Gasteiger partial charge in [-0.05, 0) is 42.7 Å². The maximum absolute atomic E-state index is 11.8. The molecule has 2 rings (SSSR count). The summed E-state index contributed by atoms with van der Waals surface area (Å²) in [6, 6.07) is 8.99. The first-order valence-corrected chi connectivity index (χ1v) is 7.67. The summed E-state index contributed by atoms with van der Waals surface area (Å²) in [6.07, 6.45) is 3.12. The van der Waals surface area contributed by atoms with E-state index in [-0.39, 0.29) is 11.8 Å². The standard InChI is InChI=1S/C17H22N4O2/c1-12(2)4-9-16(22)19-13-5-7-14(8-6-13)21-11-10-15(20-21)17(23)18-3/h5-8,10-12H,4,9H2,1-3H3,(H,18,23)(H,19,22). The van der Waals surface area contributed by atoms with Crippen LogP contribution in [0.5, 0.6) is 0 Å². The maximum Gasteiger partial charge on any atom is 0.271 e. The van der Waals surface area contributed by atoms with Gasteiger partial charge in [-0.3, -0.25) is 9.59 Å². The number of nitrogens with one attached hydrogen (secondary N) is 2. The van der Waals surface area contributed by atoms with E-state index >= 15 is 0 Å². The molecule has 0 spiro atoms. The smallest absolute Gasteiger partial charge is 0.271 e. The summed E-state index contributed by atoms with van der Waals surface area (Å²) in [4.78, 5) is 23.3. The molecule has 1 heterocycles. The lowest BCUT2D eigenvalue weighted by Gasteiger charge is -2.08. The molecule has 6 nitrogen and oxygen atoms in total. The number of hydrogen-bond acceptors (Lipinski definition) is 3. The van der Waals surface area contributed by atoms with Crippen LogP contribution in [0.25, 0.3) is 5.69 Å². The van der Waals surface area contributed by atoms with Crippen molar-refractivity contribution in [1.82, 2.24) is 15.1 Å². The number of amides is 2. The lowest BCUT2D eigenvalue weighted by Crippen LogP contribution is -2.18. The third-order valence-corrected chi connectivity index (χ3v) is 3.41. The average molecular weight is 314 g/mol. The van der Waals surface area contributed by atoms with E-state index in [1.807, 2.05) is 24.3 Å². The van der Waals surface area contributed by atoms with Gasteiger partial charge in [0.05, 0.1) is 5.69 Å². The van der Waals surface area contributed by atoms with Gasteiger partial charge in [0, 0.05) is 25.4 Å². The molecule has 23 heavy (non-hydrogen) atoms. The number of carbonyl (C=O) groups excluding carboxylic acids is 2. The van der Waals surface area contributed by atoms with Crippen molar-refractivity contribution in [1.29, 1.82) is 0 Å². The van der Waals surface area contributed by atoms with Gasteiger partial charge in [0.2, 0.25) is 5.91 Å². The third-order valence-electron chi connectivity index (χ3n) is 3.41. The van der Waals surface area contributed by atoms with E-state index in [0.29, 0.717) is 18.0 Å². The zero-order valence-corrected chi connectivity index (χ0v) is 13.7. The van der Waals surface area contributed by atoms with Crippen molar-refractivity contribution in [3.8, 4) is 5.69 Å². The minimum absolute atomic E-state index is 0.0208. The lowest BCUT2D eigenvalue weighted by molar-refractivity contribution is -0.116. The lowest BCUT2D eigenvalue weighted by atomic mass is 10.1. The van der Waals surface area contributed by atoms with Gasteiger partial charge in [0.15, 0.2) is 5.69 Å². The molecule has 0 unspecified atom stereocenters. The molecular formula is C17H22N4O2. The van der Waals surface area contributed by atoms with Gasteiger partial charge in [-0.1, -0.05) is 13.8 Å². The molecule has 0 aliphatic rings. The topological polar surface area (TPSA) is 76.0 Å². The molecule has 0 bridgehead atoms. The summed E-state index contributed by atoms with van der Waals surface area (Å²) in [7, 11) is 1.57. The summed E-state index contributed by atoms with van der Waals surface area (Å²) in [5.74, 6) is 0.308. The Hall–Kier alpha value is -2.63. The van der Waals surface area contributed by atoms with E-state index in [4.69, 9.17) is 0 Å². The van der Waals surface area contributed by atoms with Crippen LogP contribution < -0.4 is 10.6 Å². The van der Waals surface area contributed by atoms with E-state index < -0.39 is 0 Å². The van der Waals surface area contributed by atoms with Crippen molar-refractivity contribution in [2.24, 2.45) is 5.92 Å². The largest absolute Gasteiger partial charge is 0.354 e. The Bertz CT molecular complexity index is 674. The highest BCUT2D eigenvalue weighted by molar-refractivity contribution is 5.92. The minimum atomic E-state index is -0.224. The summed E-state index contributed by atoms with van der Waals surface area (Å²) >= 11 is 0. The van der Waals surface area contributed by atoms with Crippen LogP contribution in [0.4, 0.5) is 5.69 Å². The number of hydrogen-bond donors (Lipinski definition) is 2. The van der Waals surface area contributed by atoms with Crippen molar-refractivity contribution < 1.29 is 9.59 Å².